The van der Waals surface area contributed by atoms with Crippen molar-refractivity contribution in [3.05, 3.63) is 35.4 Å². The molecular weight excluding hydrogens is 196 g/mol. The first kappa shape index (κ1) is 10.6. The third kappa shape index (κ3) is 1.88. The minimum absolute atomic E-state index is 0.0192. The Labute approximate surface area is 88.5 Å². The van der Waals surface area contributed by atoms with E-state index in [0.717, 1.165) is 12.6 Å². The number of nitrogens with one attached hydrogen (secondary N) is 1. The molecule has 1 N–H and O–H groups in total. The van der Waals surface area contributed by atoms with Crippen LogP contribution in [0.5, 0.6) is 0 Å². The van der Waals surface area contributed by atoms with Crippen molar-refractivity contribution >= 4 is 0 Å². The molecule has 1 fully saturated rings. The third-order valence-electron chi connectivity index (χ3n) is 3.21. The second-order valence-corrected chi connectivity index (χ2v) is 4.84. The summed E-state index contributed by atoms with van der Waals surface area (Å²) >= 11 is 0. The molecule has 0 amide bonds. The maximum atomic E-state index is 13.6. The second kappa shape index (κ2) is 3.56. The van der Waals surface area contributed by atoms with Crippen molar-refractivity contribution in [2.75, 3.05) is 13.1 Å². The maximum absolute atomic E-state index is 13.6. The first-order chi connectivity index (χ1) is 7.00. The fourth-order valence-electron chi connectivity index (χ4n) is 2.25. The van der Waals surface area contributed by atoms with Gasteiger partial charge in [-0.15, -0.1) is 0 Å². The molecular formula is C12H15F2N. The highest BCUT2D eigenvalue weighted by Gasteiger charge is 2.36. The molecule has 0 aromatic heterocycles. The van der Waals surface area contributed by atoms with Crippen LogP contribution in [0.15, 0.2) is 18.2 Å². The largest absolute Gasteiger partial charge is 0.316 e. The summed E-state index contributed by atoms with van der Waals surface area (Å²) in [5, 5.41) is 3.22. The molecule has 1 aliphatic rings. The van der Waals surface area contributed by atoms with E-state index in [1.54, 1.807) is 0 Å². The fraction of sp³-hybridized carbons (Fsp3) is 0.500. The molecule has 3 heteroatoms. The molecule has 0 radical (unpaired) electrons. The number of hydrogen-bond acceptors (Lipinski definition) is 1. The highest BCUT2D eigenvalue weighted by molar-refractivity contribution is 5.26. The minimum Gasteiger partial charge on any atom is -0.316 e. The van der Waals surface area contributed by atoms with Crippen molar-refractivity contribution in [3.8, 4) is 0 Å². The normalized spacial score (nSPS) is 24.4. The van der Waals surface area contributed by atoms with E-state index < -0.39 is 0 Å². The topological polar surface area (TPSA) is 12.0 Å². The number of benzene rings is 1. The Morgan fingerprint density at radius 1 is 1.33 bits per heavy atom. The zero-order chi connectivity index (χ0) is 11.1. The number of hydrogen-bond donors (Lipinski definition) is 1. The fourth-order valence-corrected chi connectivity index (χ4v) is 2.25. The molecule has 1 heterocycles. The monoisotopic (exact) mass is 211 g/mol. The van der Waals surface area contributed by atoms with Gasteiger partial charge in [-0.3, -0.25) is 0 Å². The average molecular weight is 211 g/mol. The lowest BCUT2D eigenvalue weighted by Gasteiger charge is -2.26. The molecule has 2 rings (SSSR count). The average Bonchev–Trinajstić information content (AvgIpc) is 2.50. The molecule has 1 nitrogen and oxygen atoms in total. The van der Waals surface area contributed by atoms with Gasteiger partial charge < -0.3 is 5.32 Å². The van der Waals surface area contributed by atoms with Crippen LogP contribution in [-0.2, 0) is 0 Å². The smallest absolute Gasteiger partial charge is 0.126 e. The molecule has 0 spiro atoms. The summed E-state index contributed by atoms with van der Waals surface area (Å²) < 4.78 is 26.6. The van der Waals surface area contributed by atoms with Gasteiger partial charge in [0.15, 0.2) is 0 Å². The predicted molar refractivity (Wildman–Crippen MR) is 55.7 cm³/mol. The van der Waals surface area contributed by atoms with E-state index in [1.807, 2.05) is 0 Å². The van der Waals surface area contributed by atoms with Crippen molar-refractivity contribution in [1.29, 1.82) is 0 Å². The van der Waals surface area contributed by atoms with Crippen molar-refractivity contribution in [2.24, 2.45) is 5.41 Å². The van der Waals surface area contributed by atoms with Crippen molar-refractivity contribution < 1.29 is 8.78 Å². The van der Waals surface area contributed by atoms with Crippen LogP contribution in [0.2, 0.25) is 0 Å². The summed E-state index contributed by atoms with van der Waals surface area (Å²) in [4.78, 5) is 0. The molecule has 1 atom stereocenters. The molecule has 1 aliphatic heterocycles. The first-order valence-electron chi connectivity index (χ1n) is 5.16. The van der Waals surface area contributed by atoms with Gasteiger partial charge in [0.2, 0.25) is 0 Å². The van der Waals surface area contributed by atoms with E-state index in [2.05, 4.69) is 19.2 Å². The molecule has 15 heavy (non-hydrogen) atoms. The van der Waals surface area contributed by atoms with Gasteiger partial charge in [-0.2, -0.15) is 0 Å². The van der Waals surface area contributed by atoms with Crippen LogP contribution in [0, 0.1) is 17.0 Å². The number of halogens is 2. The van der Waals surface area contributed by atoms with E-state index in [0.29, 0.717) is 12.1 Å². The Balaban J connectivity index is 2.40. The Kier molecular flexibility index (Phi) is 2.51. The van der Waals surface area contributed by atoms with Crippen LogP contribution >= 0.6 is 0 Å². The van der Waals surface area contributed by atoms with E-state index >= 15 is 0 Å². The molecule has 1 aromatic rings. The van der Waals surface area contributed by atoms with Crippen LogP contribution in [0.4, 0.5) is 8.78 Å². The molecule has 82 valence electrons. The Bertz CT molecular complexity index is 374. The molecule has 0 unspecified atom stereocenters. The van der Waals surface area contributed by atoms with Crippen molar-refractivity contribution in [2.45, 2.75) is 19.8 Å². The molecule has 0 saturated carbocycles. The second-order valence-electron chi connectivity index (χ2n) is 4.84. The summed E-state index contributed by atoms with van der Waals surface area (Å²) in [7, 11) is 0. The quantitative estimate of drug-likeness (QED) is 0.753. The van der Waals surface area contributed by atoms with Gasteiger partial charge in [0.1, 0.15) is 11.6 Å². The summed E-state index contributed by atoms with van der Waals surface area (Å²) in [6, 6.07) is 3.68. The van der Waals surface area contributed by atoms with Gasteiger partial charge >= 0.3 is 0 Å². The Hall–Kier alpha value is -0.960. The highest BCUT2D eigenvalue weighted by Crippen LogP contribution is 2.39. The van der Waals surface area contributed by atoms with Crippen LogP contribution < -0.4 is 5.32 Å². The van der Waals surface area contributed by atoms with Gasteiger partial charge in [-0.1, -0.05) is 13.8 Å². The summed E-state index contributed by atoms with van der Waals surface area (Å²) in [5.74, 6) is -0.625. The number of rotatable bonds is 1. The maximum Gasteiger partial charge on any atom is 0.126 e. The summed E-state index contributed by atoms with van der Waals surface area (Å²) in [6.07, 6.45) is 0. The van der Waals surface area contributed by atoms with Crippen LogP contribution in [0.25, 0.3) is 0 Å². The van der Waals surface area contributed by atoms with E-state index in [4.69, 9.17) is 0 Å². The predicted octanol–water partition coefficient (Wildman–Crippen LogP) is 2.68. The molecule has 0 aliphatic carbocycles. The lowest BCUT2D eigenvalue weighted by molar-refractivity contribution is 0.354. The molecule has 1 saturated heterocycles. The Morgan fingerprint density at radius 3 is 2.67 bits per heavy atom. The van der Waals surface area contributed by atoms with Gasteiger partial charge in [0.25, 0.3) is 0 Å². The minimum atomic E-state index is -0.367. The van der Waals surface area contributed by atoms with Crippen LogP contribution in [-0.4, -0.2) is 13.1 Å². The SMILES string of the molecule is CC1(C)CNC[C@@H]1c1cc(F)ccc1F. The van der Waals surface area contributed by atoms with Gasteiger partial charge in [-0.25, -0.2) is 8.78 Å². The first-order valence-corrected chi connectivity index (χ1v) is 5.16. The third-order valence-corrected chi connectivity index (χ3v) is 3.21. The zero-order valence-electron chi connectivity index (χ0n) is 8.98. The summed E-state index contributed by atoms with van der Waals surface area (Å²) in [5.41, 5.74) is 0.472. The van der Waals surface area contributed by atoms with Crippen molar-refractivity contribution in [3.63, 3.8) is 0 Å². The highest BCUT2D eigenvalue weighted by atomic mass is 19.1. The van der Waals surface area contributed by atoms with Crippen molar-refractivity contribution in [1.82, 2.24) is 5.32 Å². The zero-order valence-corrected chi connectivity index (χ0v) is 8.98. The van der Waals surface area contributed by atoms with Crippen LogP contribution in [0.3, 0.4) is 0 Å². The standard InChI is InChI=1S/C12H15F2N/c1-12(2)7-15-6-10(12)9-5-8(13)3-4-11(9)14/h3-5,10,15H,6-7H2,1-2H3/t10-/m1/s1. The molecule has 0 bridgehead atoms. The summed E-state index contributed by atoms with van der Waals surface area (Å²) in [6.45, 7) is 5.70. The van der Waals surface area contributed by atoms with Gasteiger partial charge in [0.05, 0.1) is 0 Å². The van der Waals surface area contributed by atoms with Gasteiger partial charge in [-0.05, 0) is 29.2 Å². The lowest BCUT2D eigenvalue weighted by atomic mass is 9.77. The molecule has 1 aromatic carbocycles. The Morgan fingerprint density at radius 2 is 2.07 bits per heavy atom. The van der Waals surface area contributed by atoms with Gasteiger partial charge in [0, 0.05) is 19.0 Å². The van der Waals surface area contributed by atoms with E-state index in [1.165, 1.54) is 12.1 Å². The van der Waals surface area contributed by atoms with E-state index in [9.17, 15) is 8.78 Å². The van der Waals surface area contributed by atoms with E-state index in [-0.39, 0.29) is 23.0 Å². The van der Waals surface area contributed by atoms with Crippen LogP contribution in [0.1, 0.15) is 25.3 Å². The lowest BCUT2D eigenvalue weighted by Crippen LogP contribution is -2.21.